The highest BCUT2D eigenvalue weighted by Gasteiger charge is 2.76. The third-order valence-electron chi connectivity index (χ3n) is 16.3. The van der Waals surface area contributed by atoms with Gasteiger partial charge in [-0.25, -0.2) is 14.5 Å². The molecule has 17 nitrogen and oxygen atoms in total. The Balaban J connectivity index is 1.12. The molecule has 5 aliphatic heterocycles. The standard InChI is InChI=1S/C65H66N6O11/c1-42(2)55(61(74)78-4)66-64(77)70-50-28-26-43(19-16-30-67(3)39-44-17-8-5-9-18-44)37-49(50)65(63(70)76)54(60(73)69-33-31-68(32-34-69)40-45-27-29-52-53(38-45)81-41-80-52)57-62(75)82-58(47-22-12-7-13-23-47)56(46-20-10-6-11-21-46)71(57)59(65)48-24-14-15-25-51(48)79-36-35-72/h5-15,17-18,20-29,37-38,42,54-59,72H,30-36,39-41H2,1-4H3,(H,66,77)/t54-,55+,56-,57-,58+,59+,65-/m1/s1. The van der Waals surface area contributed by atoms with E-state index >= 15 is 19.2 Å². The number of carbonyl (C=O) groups is 5. The maximum absolute atomic E-state index is 17.1. The first kappa shape index (κ1) is 55.4. The Morgan fingerprint density at radius 1 is 0.793 bits per heavy atom. The van der Waals surface area contributed by atoms with Crippen LogP contribution in [0.3, 0.4) is 0 Å². The lowest BCUT2D eigenvalue weighted by molar-refractivity contribution is -0.179. The van der Waals surface area contributed by atoms with Crippen molar-refractivity contribution in [2.75, 3.05) is 71.8 Å². The Bertz CT molecular complexity index is 3400. The summed E-state index contributed by atoms with van der Waals surface area (Å²) in [7, 11) is 3.20. The minimum Gasteiger partial charge on any atom is -0.491 e. The third kappa shape index (κ3) is 10.4. The van der Waals surface area contributed by atoms with Gasteiger partial charge < -0.3 is 39.0 Å². The highest BCUT2D eigenvalue weighted by molar-refractivity contribution is 6.25. The first-order valence-corrected chi connectivity index (χ1v) is 27.8. The van der Waals surface area contributed by atoms with E-state index in [2.05, 4.69) is 39.1 Å². The number of urea groups is 1. The number of hydrogen-bond acceptors (Lipinski definition) is 14. The van der Waals surface area contributed by atoms with Crippen LogP contribution >= 0.6 is 0 Å². The zero-order chi connectivity index (χ0) is 57.1. The number of para-hydroxylation sites is 1. The molecule has 0 saturated carbocycles. The molecule has 7 atom stereocenters. The predicted octanol–water partition coefficient (Wildman–Crippen LogP) is 7.19. The van der Waals surface area contributed by atoms with Gasteiger partial charge in [0, 0.05) is 50.4 Å². The molecule has 5 aliphatic rings. The van der Waals surface area contributed by atoms with E-state index in [1.807, 2.05) is 115 Å². The molecular weight excluding hydrogens is 1040 g/mol. The number of cyclic esters (lactones) is 1. The van der Waals surface area contributed by atoms with E-state index in [4.69, 9.17) is 23.7 Å². The zero-order valence-corrected chi connectivity index (χ0v) is 46.3. The van der Waals surface area contributed by atoms with Gasteiger partial charge in [0.2, 0.25) is 18.6 Å². The second kappa shape index (κ2) is 23.9. The number of nitrogens with zero attached hydrogens (tertiary/aromatic N) is 5. The van der Waals surface area contributed by atoms with Gasteiger partial charge in [-0.15, -0.1) is 0 Å². The minimum atomic E-state index is -2.14. The van der Waals surface area contributed by atoms with E-state index < -0.39 is 77.3 Å². The number of aliphatic hydroxyl groups is 1. The third-order valence-corrected chi connectivity index (χ3v) is 16.3. The summed E-state index contributed by atoms with van der Waals surface area (Å²) in [5, 5.41) is 13.1. The summed E-state index contributed by atoms with van der Waals surface area (Å²) in [6.07, 6.45) is -0.974. The maximum atomic E-state index is 17.1. The van der Waals surface area contributed by atoms with Gasteiger partial charge in [0.25, 0.3) is 0 Å². The minimum absolute atomic E-state index is 0.127. The smallest absolute Gasteiger partial charge is 0.329 e. The van der Waals surface area contributed by atoms with Crippen molar-refractivity contribution in [1.29, 1.82) is 0 Å². The van der Waals surface area contributed by atoms with Crippen molar-refractivity contribution in [2.24, 2.45) is 11.8 Å². The number of amides is 4. The molecule has 0 radical (unpaired) electrons. The molecule has 0 aromatic heterocycles. The number of esters is 2. The molecule has 82 heavy (non-hydrogen) atoms. The fourth-order valence-corrected chi connectivity index (χ4v) is 12.6. The van der Waals surface area contributed by atoms with E-state index in [1.165, 1.54) is 7.11 Å². The summed E-state index contributed by atoms with van der Waals surface area (Å²) >= 11 is 0. The van der Waals surface area contributed by atoms with E-state index in [1.54, 1.807) is 55.1 Å². The van der Waals surface area contributed by atoms with Crippen molar-refractivity contribution in [3.63, 3.8) is 0 Å². The molecule has 6 aromatic rings. The Labute approximate surface area is 477 Å². The van der Waals surface area contributed by atoms with Crippen molar-refractivity contribution >= 4 is 35.5 Å². The number of morpholine rings is 1. The number of hydrogen-bond donors (Lipinski definition) is 2. The largest absolute Gasteiger partial charge is 0.491 e. The van der Waals surface area contributed by atoms with E-state index in [9.17, 15) is 9.90 Å². The van der Waals surface area contributed by atoms with Crippen molar-refractivity contribution in [3.05, 3.63) is 191 Å². The van der Waals surface area contributed by atoms with Crippen molar-refractivity contribution in [3.8, 4) is 29.1 Å². The fourth-order valence-electron chi connectivity index (χ4n) is 12.6. The number of anilines is 1. The molecule has 4 amide bonds. The molecule has 17 heteroatoms. The molecule has 3 saturated heterocycles. The number of ether oxygens (including phenoxy) is 5. The monoisotopic (exact) mass is 1110 g/mol. The maximum Gasteiger partial charge on any atom is 0.329 e. The lowest BCUT2D eigenvalue weighted by Gasteiger charge is -2.46. The van der Waals surface area contributed by atoms with Crippen LogP contribution in [0.4, 0.5) is 10.5 Å². The second-order valence-electron chi connectivity index (χ2n) is 21.7. The Hall–Kier alpha value is -8.53. The number of piperazine rings is 1. The van der Waals surface area contributed by atoms with E-state index in [-0.39, 0.29) is 50.1 Å². The molecule has 5 heterocycles. The van der Waals surface area contributed by atoms with Gasteiger partial charge in [0.15, 0.2) is 11.5 Å². The summed E-state index contributed by atoms with van der Waals surface area (Å²) in [5.74, 6) is 3.50. The van der Waals surface area contributed by atoms with E-state index in [0.29, 0.717) is 60.9 Å². The van der Waals surface area contributed by atoms with Gasteiger partial charge in [0.1, 0.15) is 36.0 Å². The molecule has 0 bridgehead atoms. The zero-order valence-electron chi connectivity index (χ0n) is 46.3. The highest BCUT2D eigenvalue weighted by atomic mass is 16.7. The predicted molar refractivity (Wildman–Crippen MR) is 304 cm³/mol. The molecular formula is C65H66N6O11. The molecule has 2 N–H and O–H groups in total. The topological polar surface area (TPSA) is 180 Å². The molecule has 422 valence electrons. The first-order valence-electron chi connectivity index (χ1n) is 27.8. The lowest BCUT2D eigenvalue weighted by Crippen LogP contribution is -2.59. The van der Waals surface area contributed by atoms with Gasteiger partial charge in [-0.1, -0.05) is 141 Å². The van der Waals surface area contributed by atoms with Gasteiger partial charge >= 0.3 is 18.0 Å². The summed E-state index contributed by atoms with van der Waals surface area (Å²) in [6.45, 7) is 6.12. The highest BCUT2D eigenvalue weighted by Crippen LogP contribution is 2.67. The van der Waals surface area contributed by atoms with Crippen molar-refractivity contribution in [1.82, 2.24) is 24.9 Å². The summed E-state index contributed by atoms with van der Waals surface area (Å²) in [5.41, 5.74) is 2.68. The van der Waals surface area contributed by atoms with Crippen LogP contribution in [0.2, 0.25) is 0 Å². The van der Waals surface area contributed by atoms with Crippen LogP contribution in [0.25, 0.3) is 0 Å². The molecule has 3 fully saturated rings. The lowest BCUT2D eigenvalue weighted by atomic mass is 9.64. The summed E-state index contributed by atoms with van der Waals surface area (Å²) in [6, 6.07) is 41.4. The molecule has 11 rings (SSSR count). The van der Waals surface area contributed by atoms with Crippen LogP contribution in [0.15, 0.2) is 152 Å². The molecule has 0 aliphatic carbocycles. The van der Waals surface area contributed by atoms with Crippen LogP contribution < -0.4 is 24.4 Å². The Kier molecular flexibility index (Phi) is 16.1. The summed E-state index contributed by atoms with van der Waals surface area (Å²) in [4.78, 5) is 87.6. The fraction of sp³-hybridized carbons (Fsp3) is 0.338. The molecule has 6 aromatic carbocycles. The molecule has 0 unspecified atom stereocenters. The van der Waals surface area contributed by atoms with Gasteiger partial charge in [-0.05, 0) is 77.2 Å². The first-order chi connectivity index (χ1) is 39.9. The normalized spacial score (nSPS) is 22.3. The van der Waals surface area contributed by atoms with Crippen molar-refractivity contribution in [2.45, 2.75) is 62.6 Å². The molecule has 1 spiro atoms. The van der Waals surface area contributed by atoms with Crippen LogP contribution in [-0.4, -0.2) is 133 Å². The number of nitrogens with one attached hydrogen (secondary N) is 1. The number of benzene rings is 6. The number of fused-ring (bicyclic) bond motifs is 4. The van der Waals surface area contributed by atoms with Crippen LogP contribution in [0, 0.1) is 23.7 Å². The second-order valence-corrected chi connectivity index (χ2v) is 21.7. The number of imide groups is 1. The number of methoxy groups -OCH3 is 1. The van der Waals surface area contributed by atoms with E-state index in [0.717, 1.165) is 21.6 Å². The van der Waals surface area contributed by atoms with Crippen LogP contribution in [-0.2, 0) is 47.2 Å². The Morgan fingerprint density at radius 2 is 1.48 bits per heavy atom. The average Bonchev–Trinajstić information content (AvgIpc) is 3.08. The average molecular weight is 1110 g/mol. The SMILES string of the molecule is COC(=O)[C@@H](NC(=O)N1C(=O)[C@@]2(c3cc(C#CCN(C)Cc4ccccc4)ccc31)[C@H](c1ccccc1OCCO)N1[C@H](c3ccccc3)[C@H](c3ccccc3)OC(=O)[C@H]1[C@@H]2C(=O)N1CCN(Cc2ccc3c(c2)OCO3)CC1)C(C)C. The number of aliphatic hydroxyl groups excluding tert-OH is 1. The quantitative estimate of drug-likeness (QED) is 0.0780. The summed E-state index contributed by atoms with van der Waals surface area (Å²) < 4.78 is 29.6. The van der Waals surface area contributed by atoms with Crippen LogP contribution in [0.5, 0.6) is 17.2 Å². The Morgan fingerprint density at radius 3 is 2.18 bits per heavy atom. The van der Waals surface area contributed by atoms with Crippen LogP contribution in [0.1, 0.15) is 71.0 Å². The van der Waals surface area contributed by atoms with Crippen molar-refractivity contribution < 1.29 is 52.8 Å². The van der Waals surface area contributed by atoms with Gasteiger partial charge in [-0.2, -0.15) is 0 Å². The number of rotatable bonds is 15. The number of carbonyl (C=O) groups excluding carboxylic acids is 5. The van der Waals surface area contributed by atoms with Gasteiger partial charge in [0.05, 0.1) is 44.0 Å². The van der Waals surface area contributed by atoms with Gasteiger partial charge in [-0.3, -0.25) is 29.1 Å².